The van der Waals surface area contributed by atoms with Gasteiger partial charge in [-0.2, -0.15) is 0 Å². The predicted molar refractivity (Wildman–Crippen MR) is 89.8 cm³/mol. The summed E-state index contributed by atoms with van der Waals surface area (Å²) in [6.45, 7) is 5.95. The van der Waals surface area contributed by atoms with Crippen LogP contribution in [0.1, 0.15) is 38.2 Å². The van der Waals surface area contributed by atoms with Crippen LogP contribution >= 0.6 is 0 Å². The summed E-state index contributed by atoms with van der Waals surface area (Å²) >= 11 is 0. The van der Waals surface area contributed by atoms with Crippen molar-refractivity contribution in [2.75, 3.05) is 18.9 Å². The van der Waals surface area contributed by atoms with Crippen molar-refractivity contribution < 1.29 is 19.1 Å². The molecule has 2 N–H and O–H groups in total. The summed E-state index contributed by atoms with van der Waals surface area (Å²) in [6, 6.07) is 7.22. The van der Waals surface area contributed by atoms with Crippen LogP contribution in [-0.4, -0.2) is 25.2 Å². The van der Waals surface area contributed by atoms with Crippen molar-refractivity contribution in [1.29, 1.82) is 0 Å². The van der Waals surface area contributed by atoms with E-state index in [0.29, 0.717) is 24.5 Å². The number of benzene rings is 1. The quantitative estimate of drug-likeness (QED) is 0.310. The van der Waals surface area contributed by atoms with Gasteiger partial charge in [0.2, 0.25) is 0 Å². The van der Waals surface area contributed by atoms with Gasteiger partial charge in [-0.15, -0.1) is 0 Å². The summed E-state index contributed by atoms with van der Waals surface area (Å²) in [4.78, 5) is 22.8. The summed E-state index contributed by atoms with van der Waals surface area (Å²) in [6.07, 6.45) is 3.70. The zero-order valence-corrected chi connectivity index (χ0v) is 13.7. The molecule has 0 heterocycles. The zero-order chi connectivity index (χ0) is 17.1. The Labute approximate surface area is 137 Å². The third-order valence-electron chi connectivity index (χ3n) is 3.18. The summed E-state index contributed by atoms with van der Waals surface area (Å²) in [5.41, 5.74) is 7.57. The molecule has 0 aromatic heterocycles. The summed E-state index contributed by atoms with van der Waals surface area (Å²) in [7, 11) is 0. The normalized spacial score (nSPS) is 10.1. The van der Waals surface area contributed by atoms with Crippen molar-refractivity contribution in [1.82, 2.24) is 0 Å². The van der Waals surface area contributed by atoms with E-state index in [0.717, 1.165) is 31.2 Å². The van der Waals surface area contributed by atoms with Gasteiger partial charge in [-0.1, -0.05) is 18.7 Å². The maximum absolute atomic E-state index is 11.7. The van der Waals surface area contributed by atoms with Gasteiger partial charge in [-0.25, -0.2) is 4.79 Å². The molecule has 0 atom stereocenters. The number of hydrogen-bond donors (Lipinski definition) is 1. The van der Waals surface area contributed by atoms with Crippen molar-refractivity contribution in [2.24, 2.45) is 0 Å². The summed E-state index contributed by atoms with van der Waals surface area (Å²) < 4.78 is 10.2. The smallest absolute Gasteiger partial charge is 0.333 e. The van der Waals surface area contributed by atoms with Crippen LogP contribution in [0.25, 0.3) is 0 Å². The van der Waals surface area contributed by atoms with Gasteiger partial charge in [0.15, 0.2) is 0 Å². The maximum atomic E-state index is 11.7. The molecule has 0 amide bonds. The first-order valence-corrected chi connectivity index (χ1v) is 7.81. The first-order chi connectivity index (χ1) is 11.0. The van der Waals surface area contributed by atoms with Gasteiger partial charge < -0.3 is 15.2 Å². The third kappa shape index (κ3) is 8.66. The number of carbonyl (C=O) groups excluding carboxylic acids is 2. The summed E-state index contributed by atoms with van der Waals surface area (Å²) in [5, 5.41) is 0. The van der Waals surface area contributed by atoms with E-state index in [4.69, 9.17) is 15.2 Å². The lowest BCUT2D eigenvalue weighted by Gasteiger charge is -2.06. The average molecular weight is 319 g/mol. The minimum atomic E-state index is -0.347. The van der Waals surface area contributed by atoms with Gasteiger partial charge in [-0.05, 0) is 50.3 Å². The highest BCUT2D eigenvalue weighted by Crippen LogP contribution is 2.08. The lowest BCUT2D eigenvalue weighted by Crippen LogP contribution is -2.09. The van der Waals surface area contributed by atoms with Crippen LogP contribution in [0.3, 0.4) is 0 Å². The van der Waals surface area contributed by atoms with Crippen LogP contribution in [-0.2, 0) is 25.5 Å². The molecule has 0 saturated heterocycles. The minimum Gasteiger partial charge on any atom is -0.465 e. The van der Waals surface area contributed by atoms with Crippen molar-refractivity contribution in [3.8, 4) is 0 Å². The molecule has 1 aromatic rings. The molecule has 0 radical (unpaired) electrons. The molecule has 5 nitrogen and oxygen atoms in total. The van der Waals surface area contributed by atoms with Crippen molar-refractivity contribution in [3.63, 3.8) is 0 Å². The molecule has 0 unspecified atom stereocenters. The van der Waals surface area contributed by atoms with Crippen molar-refractivity contribution >= 4 is 17.6 Å². The first kappa shape index (κ1) is 18.7. The number of unbranched alkanes of at least 4 members (excludes halogenated alkanes) is 3. The largest absolute Gasteiger partial charge is 0.465 e. The van der Waals surface area contributed by atoms with E-state index in [-0.39, 0.29) is 18.4 Å². The predicted octanol–water partition coefficient (Wildman–Crippen LogP) is 3.03. The van der Waals surface area contributed by atoms with Gasteiger partial charge >= 0.3 is 11.9 Å². The van der Waals surface area contributed by atoms with E-state index >= 15 is 0 Å². The monoisotopic (exact) mass is 319 g/mol. The number of anilines is 1. The first-order valence-electron chi connectivity index (χ1n) is 7.81. The lowest BCUT2D eigenvalue weighted by molar-refractivity contribution is -0.143. The third-order valence-corrected chi connectivity index (χ3v) is 3.18. The SMILES string of the molecule is C=C(C)C(=O)OCCCCCCOC(=O)Cc1cccc(N)c1. The highest BCUT2D eigenvalue weighted by atomic mass is 16.5. The van der Waals surface area contributed by atoms with Crippen LogP contribution in [0.15, 0.2) is 36.4 Å². The molecule has 0 aliphatic carbocycles. The van der Waals surface area contributed by atoms with E-state index in [9.17, 15) is 9.59 Å². The van der Waals surface area contributed by atoms with Gasteiger partial charge in [0.1, 0.15) is 0 Å². The van der Waals surface area contributed by atoms with Gasteiger partial charge in [-0.3, -0.25) is 4.79 Å². The average Bonchev–Trinajstić information content (AvgIpc) is 2.49. The molecule has 0 saturated carbocycles. The van der Waals surface area contributed by atoms with Crippen LogP contribution in [0.4, 0.5) is 5.69 Å². The number of ether oxygens (including phenoxy) is 2. The number of nitrogens with two attached hydrogens (primary N) is 1. The molecule has 0 aliphatic heterocycles. The van der Waals surface area contributed by atoms with E-state index in [2.05, 4.69) is 6.58 Å². The fourth-order valence-electron chi connectivity index (χ4n) is 1.95. The molecule has 5 heteroatoms. The van der Waals surface area contributed by atoms with Crippen LogP contribution in [0.2, 0.25) is 0 Å². The van der Waals surface area contributed by atoms with E-state index in [1.54, 1.807) is 19.1 Å². The Balaban J connectivity index is 2.01. The Morgan fingerprint density at radius 2 is 1.74 bits per heavy atom. The fourth-order valence-corrected chi connectivity index (χ4v) is 1.95. The highest BCUT2D eigenvalue weighted by molar-refractivity contribution is 5.86. The number of carbonyl (C=O) groups is 2. The number of nitrogen functional groups attached to an aromatic ring is 1. The Morgan fingerprint density at radius 1 is 1.09 bits per heavy atom. The van der Waals surface area contributed by atoms with Crippen molar-refractivity contribution in [3.05, 3.63) is 42.0 Å². The van der Waals surface area contributed by atoms with E-state index in [1.807, 2.05) is 12.1 Å². The van der Waals surface area contributed by atoms with Crippen LogP contribution in [0, 0.1) is 0 Å². The minimum absolute atomic E-state index is 0.238. The molecular formula is C18H25NO4. The zero-order valence-electron chi connectivity index (χ0n) is 13.7. The Morgan fingerprint density at radius 3 is 2.35 bits per heavy atom. The number of hydrogen-bond acceptors (Lipinski definition) is 5. The second-order valence-corrected chi connectivity index (χ2v) is 5.47. The molecule has 126 valence electrons. The standard InChI is InChI=1S/C18H25NO4/c1-14(2)18(21)23-11-6-4-3-5-10-22-17(20)13-15-8-7-9-16(19)12-15/h7-9,12H,1,3-6,10-11,13,19H2,2H3. The molecule has 0 spiro atoms. The van der Waals surface area contributed by atoms with Crippen molar-refractivity contribution in [2.45, 2.75) is 39.0 Å². The maximum Gasteiger partial charge on any atom is 0.333 e. The van der Waals surface area contributed by atoms with Gasteiger partial charge in [0.25, 0.3) is 0 Å². The lowest BCUT2D eigenvalue weighted by atomic mass is 10.1. The summed E-state index contributed by atoms with van der Waals surface area (Å²) in [5.74, 6) is -0.591. The highest BCUT2D eigenvalue weighted by Gasteiger charge is 2.05. The second kappa shape index (κ2) is 10.4. The van der Waals surface area contributed by atoms with E-state index < -0.39 is 0 Å². The topological polar surface area (TPSA) is 78.6 Å². The molecule has 0 bridgehead atoms. The van der Waals surface area contributed by atoms with Gasteiger partial charge in [0.05, 0.1) is 19.6 Å². The molecule has 23 heavy (non-hydrogen) atoms. The van der Waals surface area contributed by atoms with Gasteiger partial charge in [0, 0.05) is 11.3 Å². The molecule has 1 aromatic carbocycles. The second-order valence-electron chi connectivity index (χ2n) is 5.47. The van der Waals surface area contributed by atoms with Crippen LogP contribution < -0.4 is 5.73 Å². The molecule has 0 aliphatic rings. The van der Waals surface area contributed by atoms with E-state index in [1.165, 1.54) is 0 Å². The molecule has 0 fully saturated rings. The van der Waals surface area contributed by atoms with Crippen LogP contribution in [0.5, 0.6) is 0 Å². The number of esters is 2. The Hall–Kier alpha value is -2.30. The number of rotatable bonds is 10. The molecule has 1 rings (SSSR count). The fraction of sp³-hybridized carbons (Fsp3) is 0.444. The Bertz CT molecular complexity index is 540. The Kier molecular flexibility index (Phi) is 8.50. The molecular weight excluding hydrogens is 294 g/mol.